The number of sulfonamides is 1. The summed E-state index contributed by atoms with van der Waals surface area (Å²) in [6, 6.07) is 8.47. The Morgan fingerprint density at radius 2 is 1.77 bits per heavy atom. The van der Waals surface area contributed by atoms with Crippen LogP contribution < -0.4 is 5.32 Å². The molecule has 6 nitrogen and oxygen atoms in total. The quantitative estimate of drug-likeness (QED) is 0.828. The first kappa shape index (κ1) is 16.9. The standard InChI is InChI=1S/C15H23N3O3S/c1-2-8-16-15(19)13-17-9-11-18(12-10-17)22(20,21)14-6-4-3-5-7-14/h3-7H,2,8-13H2,1H3,(H,16,19). The average molecular weight is 325 g/mol. The molecule has 0 atom stereocenters. The van der Waals surface area contributed by atoms with Gasteiger partial charge in [-0.15, -0.1) is 0 Å². The molecule has 0 bridgehead atoms. The number of nitrogens with one attached hydrogen (secondary N) is 1. The van der Waals surface area contributed by atoms with E-state index < -0.39 is 10.0 Å². The third kappa shape index (κ3) is 4.28. The summed E-state index contributed by atoms with van der Waals surface area (Å²) in [4.78, 5) is 14.0. The number of carbonyl (C=O) groups excluding carboxylic acids is 1. The van der Waals surface area contributed by atoms with E-state index in [0.29, 0.717) is 44.2 Å². The second-order valence-electron chi connectivity index (χ2n) is 5.34. The summed E-state index contributed by atoms with van der Waals surface area (Å²) in [5, 5.41) is 2.83. The minimum Gasteiger partial charge on any atom is -0.355 e. The number of nitrogens with zero attached hydrogens (tertiary/aromatic N) is 2. The zero-order valence-electron chi connectivity index (χ0n) is 12.9. The molecule has 0 spiro atoms. The number of amides is 1. The Kier molecular flexibility index (Phi) is 5.93. The number of piperazine rings is 1. The molecule has 0 aliphatic carbocycles. The van der Waals surface area contributed by atoms with E-state index in [9.17, 15) is 13.2 Å². The van der Waals surface area contributed by atoms with Crippen LogP contribution in [0.5, 0.6) is 0 Å². The SMILES string of the molecule is CCCNC(=O)CN1CCN(S(=O)(=O)c2ccccc2)CC1. The van der Waals surface area contributed by atoms with Crippen molar-refractivity contribution in [1.82, 2.24) is 14.5 Å². The highest BCUT2D eigenvalue weighted by Crippen LogP contribution is 2.16. The number of hydrogen-bond acceptors (Lipinski definition) is 4. The Labute approximate surface area is 132 Å². The van der Waals surface area contributed by atoms with Crippen molar-refractivity contribution < 1.29 is 13.2 Å². The lowest BCUT2D eigenvalue weighted by Gasteiger charge is -2.33. The first-order chi connectivity index (χ1) is 10.5. The molecule has 0 aromatic heterocycles. The van der Waals surface area contributed by atoms with Gasteiger partial charge in [-0.3, -0.25) is 9.69 Å². The van der Waals surface area contributed by atoms with E-state index in [1.165, 1.54) is 4.31 Å². The molecular weight excluding hydrogens is 302 g/mol. The molecule has 1 fully saturated rings. The Hall–Kier alpha value is -1.44. The number of benzene rings is 1. The molecular formula is C15H23N3O3S. The molecule has 2 rings (SSSR count). The zero-order valence-corrected chi connectivity index (χ0v) is 13.7. The maximum Gasteiger partial charge on any atom is 0.243 e. The van der Waals surface area contributed by atoms with Crippen LogP contribution in [-0.2, 0) is 14.8 Å². The van der Waals surface area contributed by atoms with Crippen LogP contribution in [0.3, 0.4) is 0 Å². The van der Waals surface area contributed by atoms with Gasteiger partial charge < -0.3 is 5.32 Å². The van der Waals surface area contributed by atoms with Gasteiger partial charge in [0, 0.05) is 32.7 Å². The predicted molar refractivity (Wildman–Crippen MR) is 84.9 cm³/mol. The molecule has 1 aliphatic heterocycles. The molecule has 1 aliphatic rings. The molecule has 0 radical (unpaired) electrons. The van der Waals surface area contributed by atoms with Crippen LogP contribution in [0.2, 0.25) is 0 Å². The zero-order chi connectivity index (χ0) is 16.0. The molecule has 1 heterocycles. The molecule has 7 heteroatoms. The second-order valence-corrected chi connectivity index (χ2v) is 7.28. The monoisotopic (exact) mass is 325 g/mol. The summed E-state index contributed by atoms with van der Waals surface area (Å²) in [5.41, 5.74) is 0. The maximum absolute atomic E-state index is 12.5. The summed E-state index contributed by atoms with van der Waals surface area (Å²) in [6.07, 6.45) is 0.912. The van der Waals surface area contributed by atoms with Crippen LogP contribution in [0.25, 0.3) is 0 Å². The van der Waals surface area contributed by atoms with Crippen LogP contribution in [0.1, 0.15) is 13.3 Å². The molecule has 1 amide bonds. The van der Waals surface area contributed by atoms with Crippen LogP contribution in [0.15, 0.2) is 35.2 Å². The van der Waals surface area contributed by atoms with Crippen LogP contribution in [0.4, 0.5) is 0 Å². The van der Waals surface area contributed by atoms with Gasteiger partial charge in [0.05, 0.1) is 11.4 Å². The summed E-state index contributed by atoms with van der Waals surface area (Å²) in [7, 11) is -3.42. The molecule has 0 saturated carbocycles. The first-order valence-electron chi connectivity index (χ1n) is 7.58. The Balaban J connectivity index is 1.88. The van der Waals surface area contributed by atoms with Gasteiger partial charge in [0.1, 0.15) is 0 Å². The highest BCUT2D eigenvalue weighted by Gasteiger charge is 2.28. The van der Waals surface area contributed by atoms with E-state index in [1.54, 1.807) is 30.3 Å². The minimum atomic E-state index is -3.42. The van der Waals surface area contributed by atoms with Gasteiger partial charge in [-0.25, -0.2) is 8.42 Å². The fourth-order valence-corrected chi connectivity index (χ4v) is 3.84. The van der Waals surface area contributed by atoms with Gasteiger partial charge in [0.15, 0.2) is 0 Å². The highest BCUT2D eigenvalue weighted by atomic mass is 32.2. The van der Waals surface area contributed by atoms with Gasteiger partial charge in [-0.2, -0.15) is 4.31 Å². The average Bonchev–Trinajstić information content (AvgIpc) is 2.54. The summed E-state index contributed by atoms with van der Waals surface area (Å²) in [6.45, 7) is 5.00. The smallest absolute Gasteiger partial charge is 0.243 e. The lowest BCUT2D eigenvalue weighted by atomic mass is 10.3. The fraction of sp³-hybridized carbons (Fsp3) is 0.533. The first-order valence-corrected chi connectivity index (χ1v) is 9.02. The van der Waals surface area contributed by atoms with Crippen LogP contribution in [-0.4, -0.2) is 62.8 Å². The van der Waals surface area contributed by atoms with Crippen molar-refractivity contribution in [1.29, 1.82) is 0 Å². The van der Waals surface area contributed by atoms with Crippen LogP contribution in [0, 0.1) is 0 Å². The number of carbonyl (C=O) groups is 1. The van der Waals surface area contributed by atoms with Crippen molar-refractivity contribution in [2.24, 2.45) is 0 Å². The molecule has 1 aromatic carbocycles. The van der Waals surface area contributed by atoms with E-state index in [1.807, 2.05) is 11.8 Å². The van der Waals surface area contributed by atoms with Crippen molar-refractivity contribution in [2.45, 2.75) is 18.2 Å². The lowest BCUT2D eigenvalue weighted by molar-refractivity contribution is -0.122. The number of rotatable bonds is 6. The van der Waals surface area contributed by atoms with Gasteiger partial charge in [0.2, 0.25) is 15.9 Å². The summed E-state index contributed by atoms with van der Waals surface area (Å²) < 4.78 is 26.5. The van der Waals surface area contributed by atoms with Gasteiger partial charge in [-0.05, 0) is 18.6 Å². The second kappa shape index (κ2) is 7.71. The van der Waals surface area contributed by atoms with E-state index in [4.69, 9.17) is 0 Å². The summed E-state index contributed by atoms with van der Waals surface area (Å²) in [5.74, 6) is 0.00113. The molecule has 1 saturated heterocycles. The third-order valence-electron chi connectivity index (χ3n) is 3.65. The van der Waals surface area contributed by atoms with Gasteiger partial charge >= 0.3 is 0 Å². The van der Waals surface area contributed by atoms with E-state index in [-0.39, 0.29) is 5.91 Å². The lowest BCUT2D eigenvalue weighted by Crippen LogP contribution is -2.51. The van der Waals surface area contributed by atoms with E-state index in [0.717, 1.165) is 6.42 Å². The van der Waals surface area contributed by atoms with Crippen molar-refractivity contribution >= 4 is 15.9 Å². The molecule has 122 valence electrons. The Bertz CT molecular complexity index is 581. The van der Waals surface area contributed by atoms with E-state index >= 15 is 0 Å². The van der Waals surface area contributed by atoms with Gasteiger partial charge in [0.25, 0.3) is 0 Å². The fourth-order valence-electron chi connectivity index (χ4n) is 2.39. The largest absolute Gasteiger partial charge is 0.355 e. The van der Waals surface area contributed by atoms with Crippen LogP contribution >= 0.6 is 0 Å². The topological polar surface area (TPSA) is 69.7 Å². The highest BCUT2D eigenvalue weighted by molar-refractivity contribution is 7.89. The number of hydrogen-bond donors (Lipinski definition) is 1. The molecule has 0 unspecified atom stereocenters. The maximum atomic E-state index is 12.5. The molecule has 1 N–H and O–H groups in total. The van der Waals surface area contributed by atoms with Crippen molar-refractivity contribution in [3.63, 3.8) is 0 Å². The van der Waals surface area contributed by atoms with Gasteiger partial charge in [-0.1, -0.05) is 25.1 Å². The summed E-state index contributed by atoms with van der Waals surface area (Å²) >= 11 is 0. The third-order valence-corrected chi connectivity index (χ3v) is 5.56. The molecule has 1 aromatic rings. The van der Waals surface area contributed by atoms with Crippen molar-refractivity contribution in [3.05, 3.63) is 30.3 Å². The normalized spacial score (nSPS) is 17.3. The van der Waals surface area contributed by atoms with E-state index in [2.05, 4.69) is 5.32 Å². The van der Waals surface area contributed by atoms with Crippen molar-refractivity contribution in [3.8, 4) is 0 Å². The predicted octanol–water partition coefficient (Wildman–Crippen LogP) is 0.519. The Morgan fingerprint density at radius 3 is 2.36 bits per heavy atom. The van der Waals surface area contributed by atoms with Crippen molar-refractivity contribution in [2.75, 3.05) is 39.3 Å². The molecule has 22 heavy (non-hydrogen) atoms. The Morgan fingerprint density at radius 1 is 1.14 bits per heavy atom. The minimum absolute atomic E-state index is 0.00113.